The lowest BCUT2D eigenvalue weighted by molar-refractivity contribution is -0.208. The van der Waals surface area contributed by atoms with Crippen molar-refractivity contribution in [1.29, 1.82) is 0 Å². The van der Waals surface area contributed by atoms with Crippen LogP contribution in [0.4, 0.5) is 0 Å². The Morgan fingerprint density at radius 2 is 1.47 bits per heavy atom. The number of rotatable bonds is 3. The van der Waals surface area contributed by atoms with Gasteiger partial charge in [0.15, 0.2) is 5.60 Å². The molecule has 4 bridgehead atoms. The van der Waals surface area contributed by atoms with Crippen LogP contribution in [0.15, 0.2) is 0 Å². The van der Waals surface area contributed by atoms with Gasteiger partial charge in [-0.15, -0.1) is 0 Å². The summed E-state index contributed by atoms with van der Waals surface area (Å²) in [6.45, 7) is 0. The Morgan fingerprint density at radius 1 is 1.00 bits per heavy atom. The van der Waals surface area contributed by atoms with Crippen LogP contribution in [-0.2, 0) is 9.53 Å². The van der Waals surface area contributed by atoms with Crippen molar-refractivity contribution in [3.63, 3.8) is 0 Å². The van der Waals surface area contributed by atoms with Gasteiger partial charge in [-0.2, -0.15) is 0 Å². The molecule has 5 aliphatic carbocycles. The summed E-state index contributed by atoms with van der Waals surface area (Å²) in [7, 11) is 0. The molecule has 0 unspecified atom stereocenters. The van der Waals surface area contributed by atoms with Gasteiger partial charge in [-0.05, 0) is 69.1 Å². The van der Waals surface area contributed by atoms with E-state index in [4.69, 9.17) is 4.74 Å². The molecule has 0 saturated heterocycles. The van der Waals surface area contributed by atoms with E-state index >= 15 is 0 Å². The van der Waals surface area contributed by atoms with E-state index in [2.05, 4.69) is 0 Å². The zero-order valence-electron chi connectivity index (χ0n) is 10.2. The lowest BCUT2D eigenvalue weighted by Gasteiger charge is -2.57. The zero-order valence-corrected chi connectivity index (χ0v) is 10.2. The summed E-state index contributed by atoms with van der Waals surface area (Å²) in [6, 6.07) is 0. The third-order valence-electron chi connectivity index (χ3n) is 5.49. The SMILES string of the molecule is O=C(O)C1(OC23CC4CC(CC(C4)C2)C3)CC1. The van der Waals surface area contributed by atoms with Gasteiger partial charge in [-0.3, -0.25) is 0 Å². The summed E-state index contributed by atoms with van der Waals surface area (Å²) in [6.07, 6.45) is 8.98. The molecule has 3 nitrogen and oxygen atoms in total. The molecule has 94 valence electrons. The average Bonchev–Trinajstić information content (AvgIpc) is 2.95. The van der Waals surface area contributed by atoms with Crippen molar-refractivity contribution >= 4 is 5.97 Å². The molecule has 0 aliphatic heterocycles. The van der Waals surface area contributed by atoms with Crippen LogP contribution in [0.3, 0.4) is 0 Å². The highest BCUT2D eigenvalue weighted by Gasteiger charge is 2.60. The van der Waals surface area contributed by atoms with Crippen LogP contribution in [0.5, 0.6) is 0 Å². The van der Waals surface area contributed by atoms with Crippen LogP contribution in [-0.4, -0.2) is 22.3 Å². The molecule has 5 saturated carbocycles. The first kappa shape index (κ1) is 10.4. The Morgan fingerprint density at radius 3 is 1.82 bits per heavy atom. The summed E-state index contributed by atoms with van der Waals surface area (Å²) < 4.78 is 6.21. The van der Waals surface area contributed by atoms with Crippen molar-refractivity contribution in [3.8, 4) is 0 Å². The van der Waals surface area contributed by atoms with E-state index in [1.165, 1.54) is 19.3 Å². The lowest BCUT2D eigenvalue weighted by atomic mass is 9.54. The Kier molecular flexibility index (Phi) is 1.86. The molecule has 0 amide bonds. The van der Waals surface area contributed by atoms with Crippen molar-refractivity contribution in [2.75, 3.05) is 0 Å². The summed E-state index contributed by atoms with van der Waals surface area (Å²) in [5.74, 6) is 1.75. The molecule has 0 atom stereocenters. The van der Waals surface area contributed by atoms with Gasteiger partial charge in [-0.25, -0.2) is 4.79 Å². The molecule has 3 heteroatoms. The number of carboxylic acid groups (broad SMARTS) is 1. The fourth-order valence-corrected chi connectivity index (χ4v) is 5.04. The van der Waals surface area contributed by atoms with E-state index in [1.807, 2.05) is 0 Å². The highest BCUT2D eigenvalue weighted by atomic mass is 16.6. The van der Waals surface area contributed by atoms with Crippen molar-refractivity contribution < 1.29 is 14.6 Å². The molecule has 5 fully saturated rings. The highest BCUT2D eigenvalue weighted by Crippen LogP contribution is 2.59. The second-order valence-electron chi connectivity index (χ2n) is 7.00. The predicted octanol–water partition coefficient (Wildman–Crippen LogP) is 2.59. The minimum absolute atomic E-state index is 0.0519. The van der Waals surface area contributed by atoms with E-state index in [0.717, 1.165) is 49.9 Å². The highest BCUT2D eigenvalue weighted by molar-refractivity contribution is 5.80. The van der Waals surface area contributed by atoms with Gasteiger partial charge >= 0.3 is 5.97 Å². The maximum absolute atomic E-state index is 11.3. The fraction of sp³-hybridized carbons (Fsp3) is 0.929. The van der Waals surface area contributed by atoms with Crippen LogP contribution in [0, 0.1) is 17.8 Å². The van der Waals surface area contributed by atoms with Crippen LogP contribution in [0.2, 0.25) is 0 Å². The van der Waals surface area contributed by atoms with Crippen molar-refractivity contribution in [3.05, 3.63) is 0 Å². The fourth-order valence-electron chi connectivity index (χ4n) is 5.04. The maximum Gasteiger partial charge on any atom is 0.335 e. The van der Waals surface area contributed by atoms with Crippen LogP contribution in [0.25, 0.3) is 0 Å². The molecular weight excluding hydrogens is 216 g/mol. The van der Waals surface area contributed by atoms with E-state index in [9.17, 15) is 9.90 Å². The van der Waals surface area contributed by atoms with Gasteiger partial charge in [0.1, 0.15) is 0 Å². The molecule has 0 aromatic heterocycles. The van der Waals surface area contributed by atoms with Gasteiger partial charge in [0.25, 0.3) is 0 Å². The third-order valence-corrected chi connectivity index (χ3v) is 5.49. The molecule has 0 spiro atoms. The first-order chi connectivity index (χ1) is 8.09. The number of carboxylic acids is 1. The van der Waals surface area contributed by atoms with E-state index < -0.39 is 11.6 Å². The number of hydrogen-bond acceptors (Lipinski definition) is 2. The molecule has 0 heterocycles. The topological polar surface area (TPSA) is 46.5 Å². The Hall–Kier alpha value is -0.570. The quantitative estimate of drug-likeness (QED) is 0.819. The smallest absolute Gasteiger partial charge is 0.335 e. The van der Waals surface area contributed by atoms with Gasteiger partial charge < -0.3 is 9.84 Å². The summed E-state index contributed by atoms with van der Waals surface area (Å²) >= 11 is 0. The van der Waals surface area contributed by atoms with E-state index in [1.54, 1.807) is 0 Å². The van der Waals surface area contributed by atoms with Crippen molar-refractivity contribution in [1.82, 2.24) is 0 Å². The standard InChI is InChI=1S/C14H20O3/c15-12(16)14(1-2-14)17-13-6-9-3-10(7-13)5-11(4-9)8-13/h9-11H,1-8H2,(H,15,16). The van der Waals surface area contributed by atoms with Gasteiger partial charge in [-0.1, -0.05) is 0 Å². The average molecular weight is 236 g/mol. The second-order valence-corrected chi connectivity index (χ2v) is 7.00. The summed E-state index contributed by atoms with van der Waals surface area (Å²) in [4.78, 5) is 11.3. The largest absolute Gasteiger partial charge is 0.479 e. The number of hydrogen-bond donors (Lipinski definition) is 1. The summed E-state index contributed by atoms with van der Waals surface area (Å²) in [5.41, 5.74) is -0.838. The molecule has 5 rings (SSSR count). The molecule has 5 aliphatic rings. The van der Waals surface area contributed by atoms with Gasteiger partial charge in [0, 0.05) is 0 Å². The lowest BCUT2D eigenvalue weighted by Crippen LogP contribution is -2.54. The first-order valence-corrected chi connectivity index (χ1v) is 7.03. The van der Waals surface area contributed by atoms with Gasteiger partial charge in [0.2, 0.25) is 0 Å². The minimum atomic E-state index is -0.786. The molecule has 0 aromatic rings. The normalized spacial score (nSPS) is 49.3. The second kappa shape index (κ2) is 3.05. The van der Waals surface area contributed by atoms with E-state index in [0.29, 0.717) is 0 Å². The first-order valence-electron chi connectivity index (χ1n) is 7.03. The van der Waals surface area contributed by atoms with E-state index in [-0.39, 0.29) is 5.60 Å². The van der Waals surface area contributed by atoms with Crippen LogP contribution < -0.4 is 0 Å². The number of carbonyl (C=O) groups is 1. The van der Waals surface area contributed by atoms with Crippen molar-refractivity contribution in [2.45, 2.75) is 62.6 Å². The Bertz CT molecular complexity index is 334. The minimum Gasteiger partial charge on any atom is -0.479 e. The van der Waals surface area contributed by atoms with Crippen molar-refractivity contribution in [2.24, 2.45) is 17.8 Å². The zero-order chi connectivity index (χ0) is 11.7. The van der Waals surface area contributed by atoms with Crippen LogP contribution in [0.1, 0.15) is 51.4 Å². The van der Waals surface area contributed by atoms with Crippen LogP contribution >= 0.6 is 0 Å². The molecule has 17 heavy (non-hydrogen) atoms. The Balaban J connectivity index is 1.59. The molecule has 1 N–H and O–H groups in total. The molecule has 0 aromatic carbocycles. The Labute approximate surface area is 102 Å². The molecular formula is C14H20O3. The summed E-state index contributed by atoms with van der Waals surface area (Å²) in [5, 5.41) is 9.28. The number of ether oxygens (including phenoxy) is 1. The number of aliphatic carboxylic acids is 1. The molecule has 0 radical (unpaired) electrons. The maximum atomic E-state index is 11.3. The predicted molar refractivity (Wildman–Crippen MR) is 61.6 cm³/mol. The van der Waals surface area contributed by atoms with Gasteiger partial charge in [0.05, 0.1) is 5.60 Å². The third kappa shape index (κ3) is 1.48. The monoisotopic (exact) mass is 236 g/mol.